The zero-order valence-corrected chi connectivity index (χ0v) is 11.6. The van der Waals surface area contributed by atoms with Gasteiger partial charge in [0.2, 0.25) is 0 Å². The maximum atomic E-state index is 8.85. The lowest BCUT2D eigenvalue weighted by Gasteiger charge is -2.11. The molecule has 0 bridgehead atoms. The van der Waals surface area contributed by atoms with E-state index in [1.165, 1.54) is 5.56 Å². The molecule has 0 aliphatic carbocycles. The predicted molar refractivity (Wildman–Crippen MR) is 79.6 cm³/mol. The summed E-state index contributed by atoms with van der Waals surface area (Å²) in [5.74, 6) is 1.32. The smallest absolute Gasteiger partial charge is 0.173 e. The molecule has 20 heavy (non-hydrogen) atoms. The average Bonchev–Trinajstić information content (AvgIpc) is 2.49. The van der Waals surface area contributed by atoms with Gasteiger partial charge in [0, 0.05) is 0 Å². The van der Waals surface area contributed by atoms with E-state index in [9.17, 15) is 0 Å². The lowest BCUT2D eigenvalue weighted by molar-refractivity contribution is 0.318. The molecular weight excluding hydrogens is 252 g/mol. The first-order valence-corrected chi connectivity index (χ1v) is 6.49. The van der Waals surface area contributed by atoms with Gasteiger partial charge in [0.25, 0.3) is 0 Å². The number of amidine groups is 1. The first kappa shape index (κ1) is 13.9. The van der Waals surface area contributed by atoms with Gasteiger partial charge in [-0.25, -0.2) is 0 Å². The van der Waals surface area contributed by atoms with Gasteiger partial charge in [0.1, 0.15) is 11.5 Å². The fourth-order valence-electron chi connectivity index (χ4n) is 1.91. The van der Waals surface area contributed by atoms with Crippen LogP contribution in [0.1, 0.15) is 23.6 Å². The van der Waals surface area contributed by atoms with Crippen molar-refractivity contribution in [3.8, 4) is 11.5 Å². The lowest BCUT2D eigenvalue weighted by Crippen LogP contribution is -2.14. The number of benzene rings is 2. The second-order valence-electron chi connectivity index (χ2n) is 4.58. The Kier molecular flexibility index (Phi) is 4.25. The molecule has 0 saturated heterocycles. The molecule has 0 unspecified atom stereocenters. The van der Waals surface area contributed by atoms with Gasteiger partial charge in [-0.2, -0.15) is 0 Å². The van der Waals surface area contributed by atoms with Gasteiger partial charge in [-0.05, 0) is 43.2 Å². The molecule has 0 aliphatic rings. The van der Waals surface area contributed by atoms with Crippen molar-refractivity contribution in [3.63, 3.8) is 0 Å². The molecule has 4 nitrogen and oxygen atoms in total. The zero-order valence-electron chi connectivity index (χ0n) is 11.6. The van der Waals surface area contributed by atoms with Crippen LogP contribution in [0, 0.1) is 6.92 Å². The van der Waals surface area contributed by atoms with E-state index < -0.39 is 0 Å². The molecular formula is C16H18N2O2. The largest absolute Gasteiger partial charge is 0.457 e. The van der Waals surface area contributed by atoms with Crippen LogP contribution in [0.4, 0.5) is 0 Å². The fraction of sp³-hybridized carbons (Fsp3) is 0.188. The molecule has 4 heteroatoms. The highest BCUT2D eigenvalue weighted by Gasteiger charge is 2.09. The van der Waals surface area contributed by atoms with Crippen LogP contribution in [0.15, 0.2) is 47.6 Å². The van der Waals surface area contributed by atoms with Crippen molar-refractivity contribution >= 4 is 5.84 Å². The molecule has 3 N–H and O–H groups in total. The minimum Gasteiger partial charge on any atom is -0.457 e. The second kappa shape index (κ2) is 6.10. The van der Waals surface area contributed by atoms with Gasteiger partial charge in [-0.1, -0.05) is 35.8 Å². The molecule has 2 aromatic rings. The highest BCUT2D eigenvalue weighted by Crippen LogP contribution is 2.26. The summed E-state index contributed by atoms with van der Waals surface area (Å²) in [6.45, 7) is 4.04. The summed E-state index contributed by atoms with van der Waals surface area (Å²) in [5.41, 5.74) is 8.52. The first-order valence-electron chi connectivity index (χ1n) is 6.49. The van der Waals surface area contributed by atoms with E-state index in [-0.39, 0.29) is 5.84 Å². The summed E-state index contributed by atoms with van der Waals surface area (Å²) in [6.07, 6.45) is 0.986. The van der Waals surface area contributed by atoms with Crippen molar-refractivity contribution in [1.82, 2.24) is 0 Å². The van der Waals surface area contributed by atoms with Gasteiger partial charge >= 0.3 is 0 Å². The van der Waals surface area contributed by atoms with Gasteiger partial charge < -0.3 is 15.7 Å². The Labute approximate surface area is 118 Å². The number of hydrogen-bond donors (Lipinski definition) is 2. The Balaban J connectivity index is 2.32. The topological polar surface area (TPSA) is 67.8 Å². The molecule has 0 atom stereocenters. The Hall–Kier alpha value is -2.49. The van der Waals surface area contributed by atoms with Crippen LogP contribution < -0.4 is 10.5 Å². The van der Waals surface area contributed by atoms with Crippen molar-refractivity contribution in [1.29, 1.82) is 0 Å². The third-order valence-corrected chi connectivity index (χ3v) is 3.08. The Morgan fingerprint density at radius 1 is 1.20 bits per heavy atom. The Morgan fingerprint density at radius 3 is 2.50 bits per heavy atom. The Bertz CT molecular complexity index is 619. The molecule has 0 aliphatic heterocycles. The van der Waals surface area contributed by atoms with E-state index in [1.54, 1.807) is 0 Å². The number of aryl methyl sites for hydroxylation is 2. The first-order chi connectivity index (χ1) is 9.63. The number of oxime groups is 1. The normalized spacial score (nSPS) is 11.4. The summed E-state index contributed by atoms with van der Waals surface area (Å²) >= 11 is 0. The van der Waals surface area contributed by atoms with E-state index in [0.29, 0.717) is 11.3 Å². The minimum atomic E-state index is 0.0360. The molecule has 0 heterocycles. The van der Waals surface area contributed by atoms with Crippen molar-refractivity contribution in [2.75, 3.05) is 0 Å². The molecule has 0 aromatic heterocycles. The van der Waals surface area contributed by atoms with Crippen molar-refractivity contribution in [2.45, 2.75) is 20.3 Å². The molecule has 0 amide bonds. The fourth-order valence-corrected chi connectivity index (χ4v) is 1.91. The van der Waals surface area contributed by atoms with Crippen LogP contribution in [0.3, 0.4) is 0 Å². The highest BCUT2D eigenvalue weighted by atomic mass is 16.5. The number of nitrogens with two attached hydrogens (primary N) is 1. The van der Waals surface area contributed by atoms with Gasteiger partial charge in [0.05, 0.1) is 5.56 Å². The van der Waals surface area contributed by atoms with Crippen LogP contribution in [0.5, 0.6) is 11.5 Å². The molecule has 0 fully saturated rings. The maximum absolute atomic E-state index is 8.85. The SMILES string of the molecule is CCc1ccc(Oc2ccc(C)cc2/C(N)=N/O)cc1. The van der Waals surface area contributed by atoms with E-state index in [0.717, 1.165) is 17.7 Å². The van der Waals surface area contributed by atoms with Crippen molar-refractivity contribution < 1.29 is 9.94 Å². The van der Waals surface area contributed by atoms with Crippen LogP contribution >= 0.6 is 0 Å². The molecule has 0 radical (unpaired) electrons. The molecule has 2 rings (SSSR count). The third-order valence-electron chi connectivity index (χ3n) is 3.08. The maximum Gasteiger partial charge on any atom is 0.173 e. The molecule has 0 saturated carbocycles. The standard InChI is InChI=1S/C16H18N2O2/c1-3-12-5-7-13(8-6-12)20-15-9-4-11(2)10-14(15)16(17)18-19/h4-10,19H,3H2,1-2H3,(H2,17,18). The van der Waals surface area contributed by atoms with Gasteiger partial charge in [-0.15, -0.1) is 0 Å². The van der Waals surface area contributed by atoms with Gasteiger partial charge in [0.15, 0.2) is 5.84 Å². The van der Waals surface area contributed by atoms with Crippen LogP contribution in [0.2, 0.25) is 0 Å². The quantitative estimate of drug-likeness (QED) is 0.387. The zero-order chi connectivity index (χ0) is 14.5. The summed E-state index contributed by atoms with van der Waals surface area (Å²) in [7, 11) is 0. The summed E-state index contributed by atoms with van der Waals surface area (Å²) in [4.78, 5) is 0. The van der Waals surface area contributed by atoms with Crippen LogP contribution in [0.25, 0.3) is 0 Å². The van der Waals surface area contributed by atoms with Crippen LogP contribution in [-0.4, -0.2) is 11.0 Å². The Morgan fingerprint density at radius 2 is 1.90 bits per heavy atom. The molecule has 0 spiro atoms. The predicted octanol–water partition coefficient (Wildman–Crippen LogP) is 3.44. The number of hydrogen-bond acceptors (Lipinski definition) is 3. The number of ether oxygens (including phenoxy) is 1. The third kappa shape index (κ3) is 3.09. The summed E-state index contributed by atoms with van der Waals surface area (Å²) < 4.78 is 5.82. The van der Waals surface area contributed by atoms with E-state index in [2.05, 4.69) is 12.1 Å². The minimum absolute atomic E-state index is 0.0360. The summed E-state index contributed by atoms with van der Waals surface area (Å²) in [6, 6.07) is 13.4. The van der Waals surface area contributed by atoms with E-state index in [1.807, 2.05) is 49.4 Å². The van der Waals surface area contributed by atoms with Crippen molar-refractivity contribution in [2.24, 2.45) is 10.9 Å². The molecule has 104 valence electrons. The molecule has 2 aromatic carbocycles. The highest BCUT2D eigenvalue weighted by molar-refractivity contribution is 5.99. The summed E-state index contributed by atoms with van der Waals surface area (Å²) in [5, 5.41) is 11.9. The van der Waals surface area contributed by atoms with E-state index >= 15 is 0 Å². The van der Waals surface area contributed by atoms with Crippen LogP contribution in [-0.2, 0) is 6.42 Å². The number of nitrogens with zero attached hydrogens (tertiary/aromatic N) is 1. The monoisotopic (exact) mass is 270 g/mol. The average molecular weight is 270 g/mol. The lowest BCUT2D eigenvalue weighted by atomic mass is 10.1. The van der Waals surface area contributed by atoms with E-state index in [4.69, 9.17) is 15.7 Å². The van der Waals surface area contributed by atoms with Crippen molar-refractivity contribution in [3.05, 3.63) is 59.2 Å². The second-order valence-corrected chi connectivity index (χ2v) is 4.58. The van der Waals surface area contributed by atoms with Gasteiger partial charge in [-0.3, -0.25) is 0 Å². The number of rotatable bonds is 4.